The maximum atomic E-state index is 12.0. The highest BCUT2D eigenvalue weighted by molar-refractivity contribution is 8.15. The zero-order chi connectivity index (χ0) is 15.7. The number of sulfone groups is 1. The van der Waals surface area contributed by atoms with Crippen molar-refractivity contribution in [2.24, 2.45) is 4.99 Å². The molecule has 7 heteroatoms. The lowest BCUT2D eigenvalue weighted by Crippen LogP contribution is -2.34. The third-order valence-electron chi connectivity index (χ3n) is 4.02. The van der Waals surface area contributed by atoms with Gasteiger partial charge in [-0.2, -0.15) is 4.99 Å². The molecule has 0 radical (unpaired) electrons. The number of amidine groups is 1. The number of rotatable bonds is 3. The summed E-state index contributed by atoms with van der Waals surface area (Å²) in [5, 5.41) is 0.665. The van der Waals surface area contributed by atoms with Gasteiger partial charge in [-0.05, 0) is 12.0 Å². The van der Waals surface area contributed by atoms with Gasteiger partial charge in [-0.25, -0.2) is 8.42 Å². The van der Waals surface area contributed by atoms with Crippen molar-refractivity contribution < 1.29 is 13.2 Å². The highest BCUT2D eigenvalue weighted by atomic mass is 32.2. The smallest absolute Gasteiger partial charge is 0.248 e. The predicted molar refractivity (Wildman–Crippen MR) is 88.8 cm³/mol. The van der Waals surface area contributed by atoms with E-state index < -0.39 is 9.84 Å². The lowest BCUT2D eigenvalue weighted by Gasteiger charge is -2.17. The van der Waals surface area contributed by atoms with E-state index in [9.17, 15) is 13.2 Å². The van der Waals surface area contributed by atoms with E-state index in [4.69, 9.17) is 0 Å². The van der Waals surface area contributed by atoms with Crippen LogP contribution in [0.1, 0.15) is 12.0 Å². The number of thioether (sulfide) groups is 1. The molecule has 2 saturated heterocycles. The number of hydrogen-bond donors (Lipinski definition) is 0. The van der Waals surface area contributed by atoms with Crippen LogP contribution >= 0.6 is 11.8 Å². The monoisotopic (exact) mass is 338 g/mol. The molecule has 118 valence electrons. The second-order valence-corrected chi connectivity index (χ2v) is 9.05. The molecule has 0 N–H and O–H groups in total. The lowest BCUT2D eigenvalue weighted by atomic mass is 10.1. The summed E-state index contributed by atoms with van der Waals surface area (Å²) in [6.07, 6.45) is 1.04. The molecule has 2 aliphatic heterocycles. The molecule has 2 fully saturated rings. The Hall–Kier alpha value is -1.34. The number of hydrogen-bond acceptors (Lipinski definition) is 4. The Labute approximate surface area is 134 Å². The van der Waals surface area contributed by atoms with E-state index in [1.54, 1.807) is 0 Å². The number of carbonyl (C=O) groups excluding carboxylic acids is 1. The zero-order valence-electron chi connectivity index (χ0n) is 12.3. The molecule has 2 atom stereocenters. The first-order valence-corrected chi connectivity index (χ1v) is 9.90. The Morgan fingerprint density at radius 3 is 2.73 bits per heavy atom. The molecule has 1 aromatic rings. The summed E-state index contributed by atoms with van der Waals surface area (Å²) in [5.74, 6) is 0.198. The first kappa shape index (κ1) is 15.6. The van der Waals surface area contributed by atoms with Gasteiger partial charge >= 0.3 is 0 Å². The van der Waals surface area contributed by atoms with Crippen molar-refractivity contribution in [1.29, 1.82) is 0 Å². The van der Waals surface area contributed by atoms with Gasteiger partial charge < -0.3 is 4.90 Å². The van der Waals surface area contributed by atoms with Crippen LogP contribution in [0.3, 0.4) is 0 Å². The third-order valence-corrected chi connectivity index (χ3v) is 7.32. The van der Waals surface area contributed by atoms with Gasteiger partial charge in [0.1, 0.15) is 0 Å². The second kappa shape index (κ2) is 6.04. The molecule has 22 heavy (non-hydrogen) atoms. The van der Waals surface area contributed by atoms with Crippen molar-refractivity contribution in [2.45, 2.75) is 24.1 Å². The highest BCUT2D eigenvalue weighted by Gasteiger charge is 2.47. The number of aliphatic imine (C=N–C) groups is 1. The Bertz CT molecular complexity index is 701. The minimum absolute atomic E-state index is 0.00988. The van der Waals surface area contributed by atoms with Crippen molar-refractivity contribution in [1.82, 2.24) is 4.90 Å². The standard InChI is InChI=1S/C15H18N2O3S2/c1-17-12-9-22(19,20)10-13(12)21-15(17)16-14(18)8-7-11-5-3-2-4-6-11/h2-6,12-13H,7-10H2,1H3/t12-,13-/m1/s1. The molecule has 5 nitrogen and oxygen atoms in total. The fourth-order valence-electron chi connectivity index (χ4n) is 2.79. The Morgan fingerprint density at radius 2 is 2.05 bits per heavy atom. The van der Waals surface area contributed by atoms with E-state index in [0.29, 0.717) is 18.0 Å². The summed E-state index contributed by atoms with van der Waals surface area (Å²) < 4.78 is 23.3. The van der Waals surface area contributed by atoms with Gasteiger partial charge in [0.2, 0.25) is 5.91 Å². The minimum Gasteiger partial charge on any atom is -0.349 e. The summed E-state index contributed by atoms with van der Waals surface area (Å²) in [4.78, 5) is 18.0. The molecule has 0 unspecified atom stereocenters. The van der Waals surface area contributed by atoms with Gasteiger partial charge in [0.15, 0.2) is 15.0 Å². The maximum Gasteiger partial charge on any atom is 0.248 e. The molecule has 0 bridgehead atoms. The normalized spacial score (nSPS) is 28.0. The molecule has 0 aromatic heterocycles. The molecule has 3 rings (SSSR count). The molecule has 0 saturated carbocycles. The Morgan fingerprint density at radius 1 is 1.32 bits per heavy atom. The number of aryl methyl sites for hydroxylation is 1. The lowest BCUT2D eigenvalue weighted by molar-refractivity contribution is -0.117. The second-order valence-electron chi connectivity index (χ2n) is 5.69. The summed E-state index contributed by atoms with van der Waals surface area (Å²) in [6.45, 7) is 0. The molecule has 1 aromatic carbocycles. The van der Waals surface area contributed by atoms with Gasteiger partial charge in [0.05, 0.1) is 17.5 Å². The number of amides is 1. The number of carbonyl (C=O) groups is 1. The Kier molecular flexibility index (Phi) is 4.27. The van der Waals surface area contributed by atoms with Gasteiger partial charge in [-0.3, -0.25) is 4.79 Å². The van der Waals surface area contributed by atoms with Crippen LogP contribution in [0.15, 0.2) is 35.3 Å². The van der Waals surface area contributed by atoms with Gasteiger partial charge in [0.25, 0.3) is 0 Å². The number of fused-ring (bicyclic) bond motifs is 1. The maximum absolute atomic E-state index is 12.0. The molecule has 2 heterocycles. The summed E-state index contributed by atoms with van der Waals surface area (Å²) in [7, 11) is -1.12. The van der Waals surface area contributed by atoms with Crippen LogP contribution in [0, 0.1) is 0 Å². The summed E-state index contributed by atoms with van der Waals surface area (Å²) >= 11 is 1.42. The van der Waals surface area contributed by atoms with Crippen molar-refractivity contribution in [2.75, 3.05) is 18.6 Å². The zero-order valence-corrected chi connectivity index (χ0v) is 13.9. The van der Waals surface area contributed by atoms with E-state index in [0.717, 1.165) is 5.56 Å². The Balaban J connectivity index is 1.60. The molecule has 1 amide bonds. The fourth-order valence-corrected chi connectivity index (χ4v) is 6.81. The van der Waals surface area contributed by atoms with E-state index in [2.05, 4.69) is 4.99 Å². The van der Waals surface area contributed by atoms with Gasteiger partial charge in [0, 0.05) is 18.7 Å². The number of benzene rings is 1. The topological polar surface area (TPSA) is 66.8 Å². The third kappa shape index (κ3) is 3.35. The van der Waals surface area contributed by atoms with Crippen LogP contribution in [-0.4, -0.2) is 54.2 Å². The van der Waals surface area contributed by atoms with E-state index in [-0.39, 0.29) is 28.7 Å². The quantitative estimate of drug-likeness (QED) is 0.832. The van der Waals surface area contributed by atoms with Gasteiger partial charge in [-0.1, -0.05) is 42.1 Å². The molecule has 0 aliphatic carbocycles. The van der Waals surface area contributed by atoms with Crippen LogP contribution in [0.25, 0.3) is 0 Å². The van der Waals surface area contributed by atoms with Crippen LogP contribution in [0.2, 0.25) is 0 Å². The number of nitrogens with zero attached hydrogens (tertiary/aromatic N) is 2. The van der Waals surface area contributed by atoms with Crippen LogP contribution < -0.4 is 0 Å². The van der Waals surface area contributed by atoms with E-state index in [1.165, 1.54) is 11.8 Å². The average Bonchev–Trinajstić information content (AvgIpc) is 2.92. The largest absolute Gasteiger partial charge is 0.349 e. The first-order valence-electron chi connectivity index (χ1n) is 7.20. The SMILES string of the molecule is CN1C(=NC(=O)CCc2ccccc2)S[C@@H]2CS(=O)(=O)C[C@H]21. The van der Waals surface area contributed by atoms with Crippen LogP contribution in [0.4, 0.5) is 0 Å². The van der Waals surface area contributed by atoms with Gasteiger partial charge in [-0.15, -0.1) is 0 Å². The average molecular weight is 338 g/mol. The van der Waals surface area contributed by atoms with Crippen molar-refractivity contribution in [3.05, 3.63) is 35.9 Å². The molecule has 2 aliphatic rings. The molecular formula is C15H18N2O3S2. The molecular weight excluding hydrogens is 320 g/mol. The van der Waals surface area contributed by atoms with E-state index >= 15 is 0 Å². The first-order chi connectivity index (χ1) is 10.4. The minimum atomic E-state index is -2.94. The van der Waals surface area contributed by atoms with Crippen molar-refractivity contribution in [3.8, 4) is 0 Å². The van der Waals surface area contributed by atoms with Crippen molar-refractivity contribution in [3.63, 3.8) is 0 Å². The fraction of sp³-hybridized carbons (Fsp3) is 0.467. The van der Waals surface area contributed by atoms with Crippen LogP contribution in [-0.2, 0) is 21.1 Å². The van der Waals surface area contributed by atoms with Crippen molar-refractivity contribution >= 4 is 32.7 Å². The summed E-state index contributed by atoms with van der Waals surface area (Å²) in [5.41, 5.74) is 1.12. The molecule has 0 spiro atoms. The highest BCUT2D eigenvalue weighted by Crippen LogP contribution is 2.36. The van der Waals surface area contributed by atoms with E-state index in [1.807, 2.05) is 42.3 Å². The summed E-state index contributed by atoms with van der Waals surface area (Å²) in [6, 6.07) is 9.79. The van der Waals surface area contributed by atoms with Crippen LogP contribution in [0.5, 0.6) is 0 Å². The predicted octanol–water partition coefficient (Wildman–Crippen LogP) is 1.35.